The summed E-state index contributed by atoms with van der Waals surface area (Å²) in [6.07, 6.45) is 0. The second kappa shape index (κ2) is 7.91. The maximum absolute atomic E-state index is 12.4. The number of carbonyl (C=O) groups excluding carboxylic acids is 1. The molecule has 1 amide bonds. The predicted molar refractivity (Wildman–Crippen MR) is 88.1 cm³/mol. The highest BCUT2D eigenvalue weighted by atomic mass is 35.5. The Morgan fingerprint density at radius 3 is 2.55 bits per heavy atom. The molecule has 2 rings (SSSR count). The van der Waals surface area contributed by atoms with Crippen molar-refractivity contribution in [3.63, 3.8) is 0 Å². The molecule has 1 fully saturated rings. The molecule has 1 aromatic rings. The summed E-state index contributed by atoms with van der Waals surface area (Å²) in [4.78, 5) is 15.6. The molecular weight excluding hydrogens is 292 g/mol. The average molecular weight is 315 g/mol. The molecule has 0 radical (unpaired) electrons. The average Bonchev–Trinajstić information content (AvgIpc) is 2.39. The van der Waals surface area contributed by atoms with Crippen molar-refractivity contribution in [1.29, 1.82) is 0 Å². The van der Waals surface area contributed by atoms with Gasteiger partial charge >= 0.3 is 0 Å². The summed E-state index contributed by atoms with van der Waals surface area (Å²) in [5.41, 5.74) is 0.793. The van der Waals surface area contributed by atoms with Crippen LogP contribution in [-0.2, 0) is 0 Å². The minimum atomic E-state index is 0. The molecule has 1 saturated heterocycles. The minimum Gasteiger partial charge on any atom is -0.333 e. The molecule has 1 N–H and O–H groups in total. The number of nitrogens with zero attached hydrogens (tertiary/aromatic N) is 1. The highest BCUT2D eigenvalue weighted by Crippen LogP contribution is 2.23. The number of benzene rings is 1. The number of hydrogen-bond acceptors (Lipinski definition) is 3. The second-order valence-electron chi connectivity index (χ2n) is 5.24. The Bertz CT molecular complexity index is 436. The lowest BCUT2D eigenvalue weighted by molar-refractivity contribution is 0.0655. The first-order chi connectivity index (χ1) is 9.08. The normalized spacial score (nSPS) is 18.8. The molecule has 3 nitrogen and oxygen atoms in total. The third-order valence-corrected chi connectivity index (χ3v) is 4.25. The summed E-state index contributed by atoms with van der Waals surface area (Å²) in [5.74, 6) is 0.148. The van der Waals surface area contributed by atoms with E-state index in [4.69, 9.17) is 0 Å². The van der Waals surface area contributed by atoms with Crippen LogP contribution < -0.4 is 5.32 Å². The molecule has 1 aromatic carbocycles. The maximum atomic E-state index is 12.4. The molecule has 0 aromatic heterocycles. The molecule has 0 aliphatic carbocycles. The maximum Gasteiger partial charge on any atom is 0.254 e. The first kappa shape index (κ1) is 17.3. The van der Waals surface area contributed by atoms with Gasteiger partial charge in [-0.25, -0.2) is 0 Å². The number of amides is 1. The molecule has 0 saturated carbocycles. The van der Waals surface area contributed by atoms with Crippen LogP contribution in [0.1, 0.15) is 31.1 Å². The molecule has 20 heavy (non-hydrogen) atoms. The van der Waals surface area contributed by atoms with E-state index in [1.54, 1.807) is 0 Å². The molecule has 112 valence electrons. The summed E-state index contributed by atoms with van der Waals surface area (Å²) in [6.45, 7) is 9.00. The number of hydrogen-bond donors (Lipinski definition) is 1. The quantitative estimate of drug-likeness (QED) is 0.870. The van der Waals surface area contributed by atoms with Gasteiger partial charge < -0.3 is 10.2 Å². The van der Waals surface area contributed by atoms with E-state index in [0.717, 1.165) is 25.2 Å². The van der Waals surface area contributed by atoms with Crippen LogP contribution in [0, 0.1) is 0 Å². The number of piperazine rings is 1. The van der Waals surface area contributed by atoms with E-state index in [1.165, 1.54) is 4.90 Å². The minimum absolute atomic E-state index is 0. The van der Waals surface area contributed by atoms with Crippen molar-refractivity contribution < 1.29 is 4.79 Å². The zero-order valence-corrected chi connectivity index (χ0v) is 13.9. The van der Waals surface area contributed by atoms with Crippen LogP contribution in [0.5, 0.6) is 0 Å². The number of nitrogens with one attached hydrogen (secondary N) is 1. The summed E-state index contributed by atoms with van der Waals surface area (Å²) >= 11 is 1.82. The number of carbonyl (C=O) groups is 1. The van der Waals surface area contributed by atoms with E-state index in [9.17, 15) is 4.79 Å². The van der Waals surface area contributed by atoms with Gasteiger partial charge in [0.2, 0.25) is 0 Å². The van der Waals surface area contributed by atoms with Gasteiger partial charge in [0.15, 0.2) is 0 Å². The molecule has 0 bridgehead atoms. The Kier molecular flexibility index (Phi) is 6.86. The van der Waals surface area contributed by atoms with E-state index in [2.05, 4.69) is 26.1 Å². The Balaban J connectivity index is 0.00000200. The van der Waals surface area contributed by atoms with E-state index in [0.29, 0.717) is 5.25 Å². The van der Waals surface area contributed by atoms with Gasteiger partial charge in [0.25, 0.3) is 5.91 Å². The van der Waals surface area contributed by atoms with Crippen LogP contribution in [0.2, 0.25) is 0 Å². The highest BCUT2D eigenvalue weighted by Gasteiger charge is 2.23. The summed E-state index contributed by atoms with van der Waals surface area (Å²) in [6, 6.07) is 8.25. The highest BCUT2D eigenvalue weighted by molar-refractivity contribution is 7.99. The van der Waals surface area contributed by atoms with Crippen LogP contribution in [0.4, 0.5) is 0 Å². The zero-order chi connectivity index (χ0) is 13.8. The van der Waals surface area contributed by atoms with Crippen LogP contribution in [0.25, 0.3) is 0 Å². The lowest BCUT2D eigenvalue weighted by Gasteiger charge is -2.34. The van der Waals surface area contributed by atoms with Crippen LogP contribution in [0.15, 0.2) is 29.2 Å². The molecule has 0 unspecified atom stereocenters. The van der Waals surface area contributed by atoms with Crippen molar-refractivity contribution in [2.75, 3.05) is 19.6 Å². The lowest BCUT2D eigenvalue weighted by Crippen LogP contribution is -2.52. The topological polar surface area (TPSA) is 32.3 Å². The van der Waals surface area contributed by atoms with Gasteiger partial charge in [-0.2, -0.15) is 0 Å². The van der Waals surface area contributed by atoms with E-state index in [-0.39, 0.29) is 24.4 Å². The zero-order valence-electron chi connectivity index (χ0n) is 12.3. The van der Waals surface area contributed by atoms with Gasteiger partial charge in [0, 0.05) is 41.4 Å². The Labute approximate surface area is 131 Å². The summed E-state index contributed by atoms with van der Waals surface area (Å²) in [5, 5.41) is 3.87. The molecule has 1 aliphatic heterocycles. The number of thioether (sulfide) groups is 1. The second-order valence-corrected chi connectivity index (χ2v) is 6.89. The van der Waals surface area contributed by atoms with Gasteiger partial charge in [-0.1, -0.05) is 13.8 Å². The lowest BCUT2D eigenvalue weighted by atomic mass is 10.1. The fraction of sp³-hybridized carbons (Fsp3) is 0.533. The third kappa shape index (κ3) is 4.40. The van der Waals surface area contributed by atoms with Crippen molar-refractivity contribution in [2.24, 2.45) is 0 Å². The first-order valence-electron chi connectivity index (χ1n) is 6.86. The van der Waals surface area contributed by atoms with Crippen molar-refractivity contribution in [2.45, 2.75) is 37.0 Å². The smallest absolute Gasteiger partial charge is 0.254 e. The van der Waals surface area contributed by atoms with Crippen molar-refractivity contribution >= 4 is 30.1 Å². The Morgan fingerprint density at radius 2 is 2.00 bits per heavy atom. The SMILES string of the molecule is CC(C)Sc1ccc(C(=O)N2CCNC[C@H]2C)cc1.Cl. The van der Waals surface area contributed by atoms with Gasteiger partial charge in [-0.15, -0.1) is 24.2 Å². The summed E-state index contributed by atoms with van der Waals surface area (Å²) in [7, 11) is 0. The van der Waals surface area contributed by atoms with Crippen molar-refractivity contribution in [3.05, 3.63) is 29.8 Å². The Hall–Kier alpha value is -0.710. The Morgan fingerprint density at radius 1 is 1.35 bits per heavy atom. The first-order valence-corrected chi connectivity index (χ1v) is 7.74. The third-order valence-electron chi connectivity index (χ3n) is 3.24. The molecule has 0 spiro atoms. The van der Waals surface area contributed by atoms with Crippen LogP contribution in [0.3, 0.4) is 0 Å². The van der Waals surface area contributed by atoms with Crippen LogP contribution in [-0.4, -0.2) is 41.7 Å². The van der Waals surface area contributed by atoms with Gasteiger partial charge in [0.05, 0.1) is 0 Å². The fourth-order valence-corrected chi connectivity index (χ4v) is 3.09. The van der Waals surface area contributed by atoms with Gasteiger partial charge in [0.1, 0.15) is 0 Å². The van der Waals surface area contributed by atoms with E-state index in [1.807, 2.05) is 40.9 Å². The number of rotatable bonds is 3. The van der Waals surface area contributed by atoms with Crippen LogP contribution >= 0.6 is 24.2 Å². The van der Waals surface area contributed by atoms with Crippen molar-refractivity contribution in [1.82, 2.24) is 10.2 Å². The molecule has 1 atom stereocenters. The fourth-order valence-electron chi connectivity index (χ4n) is 2.26. The predicted octanol–water partition coefficient (Wildman–Crippen LogP) is 3.04. The van der Waals surface area contributed by atoms with Gasteiger partial charge in [-0.05, 0) is 31.2 Å². The summed E-state index contributed by atoms with van der Waals surface area (Å²) < 4.78 is 0. The molecule has 5 heteroatoms. The monoisotopic (exact) mass is 314 g/mol. The molecule has 1 heterocycles. The van der Waals surface area contributed by atoms with E-state index < -0.39 is 0 Å². The number of halogens is 1. The largest absolute Gasteiger partial charge is 0.333 e. The molecular formula is C15H23ClN2OS. The molecule has 1 aliphatic rings. The van der Waals surface area contributed by atoms with Gasteiger partial charge in [-0.3, -0.25) is 4.79 Å². The van der Waals surface area contributed by atoms with E-state index >= 15 is 0 Å². The standard InChI is InChI=1S/C15H22N2OS.ClH/c1-11(2)19-14-6-4-13(5-7-14)15(18)17-9-8-16-10-12(17)3;/h4-7,11-12,16H,8-10H2,1-3H3;1H/t12-;/m1./s1. The van der Waals surface area contributed by atoms with Crippen molar-refractivity contribution in [3.8, 4) is 0 Å².